The highest BCUT2D eigenvalue weighted by Crippen LogP contribution is 2.46. The molecule has 0 unspecified atom stereocenters. The molecule has 5 aromatic rings. The van der Waals surface area contributed by atoms with Crippen LogP contribution in [-0.2, 0) is 0 Å². The fourth-order valence-electron chi connectivity index (χ4n) is 5.71. The van der Waals surface area contributed by atoms with E-state index in [9.17, 15) is 9.59 Å². The number of nitrogens with zero attached hydrogens (tertiary/aromatic N) is 8. The molecule has 3 aromatic heterocycles. The molecule has 0 N–H and O–H groups in total. The van der Waals surface area contributed by atoms with Crippen LogP contribution in [0.15, 0.2) is 91.0 Å². The van der Waals surface area contributed by atoms with E-state index in [1.54, 1.807) is 24.3 Å². The van der Waals surface area contributed by atoms with Gasteiger partial charge in [-0.3, -0.25) is 9.59 Å². The van der Waals surface area contributed by atoms with Gasteiger partial charge in [0.15, 0.2) is 0 Å². The molecular formula is C34H30N8O2. The van der Waals surface area contributed by atoms with E-state index in [2.05, 4.69) is 0 Å². The molecule has 2 aliphatic rings. The van der Waals surface area contributed by atoms with E-state index in [1.165, 1.54) is 4.90 Å². The summed E-state index contributed by atoms with van der Waals surface area (Å²) in [6.07, 6.45) is 0. The van der Waals surface area contributed by atoms with Crippen molar-refractivity contribution >= 4 is 63.8 Å². The first-order valence-electron chi connectivity index (χ1n) is 14.2. The number of aromatic nitrogens is 3. The number of anilines is 9. The summed E-state index contributed by atoms with van der Waals surface area (Å²) < 4.78 is 0. The maximum atomic E-state index is 14.0. The molecule has 0 spiro atoms. The second-order valence-corrected chi connectivity index (χ2v) is 10.9. The van der Waals surface area contributed by atoms with Crippen molar-refractivity contribution in [2.75, 3.05) is 52.7 Å². The summed E-state index contributed by atoms with van der Waals surface area (Å²) in [5.74, 6) is 3.31. The molecule has 8 bridgehead atoms. The Morgan fingerprint density at radius 2 is 0.818 bits per heavy atom. The van der Waals surface area contributed by atoms with Gasteiger partial charge in [0.25, 0.3) is 11.8 Å². The number of imide groups is 1. The third-order valence-corrected chi connectivity index (χ3v) is 8.18. The SMILES string of the molecule is Cc1cc2c(N3C(=O)c4ccccc4C3=O)c(c1)N(C)c1cccc(n1)N(C)c1cccc(n1)N(C)c1cccc(n1)N2C. The molecule has 5 heterocycles. The first-order valence-corrected chi connectivity index (χ1v) is 14.2. The number of carbonyl (C=O) groups is 2. The third kappa shape index (κ3) is 4.22. The number of amides is 2. The Hall–Kier alpha value is -5.77. The van der Waals surface area contributed by atoms with E-state index >= 15 is 0 Å². The molecule has 218 valence electrons. The quantitative estimate of drug-likeness (QED) is 0.209. The van der Waals surface area contributed by atoms with Gasteiger partial charge in [0, 0.05) is 28.2 Å². The molecule has 44 heavy (non-hydrogen) atoms. The summed E-state index contributed by atoms with van der Waals surface area (Å²) in [6.45, 7) is 1.99. The Morgan fingerprint density at radius 3 is 1.18 bits per heavy atom. The number of benzene rings is 2. The lowest BCUT2D eigenvalue weighted by molar-refractivity contribution is 0.0926. The fraction of sp³-hybridized carbons (Fsp3) is 0.147. The lowest BCUT2D eigenvalue weighted by Crippen LogP contribution is -2.33. The maximum absolute atomic E-state index is 14.0. The average molecular weight is 583 g/mol. The van der Waals surface area contributed by atoms with Crippen LogP contribution in [0.2, 0.25) is 0 Å². The van der Waals surface area contributed by atoms with Crippen LogP contribution in [0.3, 0.4) is 0 Å². The second kappa shape index (κ2) is 10.2. The highest BCUT2D eigenvalue weighted by atomic mass is 16.2. The first kappa shape index (κ1) is 27.1. The highest BCUT2D eigenvalue weighted by Gasteiger charge is 2.40. The highest BCUT2D eigenvalue weighted by molar-refractivity contribution is 6.36. The second-order valence-electron chi connectivity index (χ2n) is 10.9. The Balaban J connectivity index is 1.51. The van der Waals surface area contributed by atoms with Gasteiger partial charge in [-0.1, -0.05) is 30.3 Å². The number of pyridine rings is 3. The van der Waals surface area contributed by atoms with Crippen LogP contribution in [-0.4, -0.2) is 55.0 Å². The first-order chi connectivity index (χ1) is 21.2. The average Bonchev–Trinajstić information content (AvgIpc) is 3.31. The minimum Gasteiger partial charge on any atom is -0.328 e. The van der Waals surface area contributed by atoms with Crippen molar-refractivity contribution in [3.8, 4) is 0 Å². The van der Waals surface area contributed by atoms with Crippen LogP contribution >= 0.6 is 0 Å². The van der Waals surface area contributed by atoms with Gasteiger partial charge < -0.3 is 19.6 Å². The number of hydrogen-bond acceptors (Lipinski definition) is 9. The molecular weight excluding hydrogens is 552 g/mol. The lowest BCUT2D eigenvalue weighted by atomic mass is 10.1. The fourth-order valence-corrected chi connectivity index (χ4v) is 5.71. The molecule has 2 aliphatic heterocycles. The van der Waals surface area contributed by atoms with Crippen molar-refractivity contribution in [1.82, 2.24) is 15.0 Å². The molecule has 10 heteroatoms. The van der Waals surface area contributed by atoms with Gasteiger partial charge in [0.1, 0.15) is 34.9 Å². The summed E-state index contributed by atoms with van der Waals surface area (Å²) in [5.41, 5.74) is 3.44. The van der Waals surface area contributed by atoms with Crippen LogP contribution in [0.1, 0.15) is 26.3 Å². The summed E-state index contributed by atoms with van der Waals surface area (Å²) in [4.78, 5) is 51.8. The van der Waals surface area contributed by atoms with E-state index in [0.29, 0.717) is 63.1 Å². The smallest absolute Gasteiger partial charge is 0.266 e. The van der Waals surface area contributed by atoms with E-state index < -0.39 is 0 Å². The molecule has 7 rings (SSSR count). The minimum absolute atomic E-state index is 0.374. The number of aryl methyl sites for hydroxylation is 1. The largest absolute Gasteiger partial charge is 0.328 e. The van der Waals surface area contributed by atoms with E-state index in [-0.39, 0.29) is 11.8 Å². The Kier molecular flexibility index (Phi) is 6.28. The minimum atomic E-state index is -0.374. The summed E-state index contributed by atoms with van der Waals surface area (Å²) in [7, 11) is 7.62. The van der Waals surface area contributed by atoms with Gasteiger partial charge in [0.2, 0.25) is 0 Å². The molecule has 2 amide bonds. The van der Waals surface area contributed by atoms with Crippen molar-refractivity contribution in [3.05, 3.63) is 108 Å². The molecule has 0 aliphatic carbocycles. The summed E-state index contributed by atoms with van der Waals surface area (Å²) in [6, 6.07) is 28.2. The van der Waals surface area contributed by atoms with Crippen LogP contribution in [0.4, 0.5) is 52.0 Å². The molecule has 0 radical (unpaired) electrons. The van der Waals surface area contributed by atoms with Gasteiger partial charge in [-0.2, -0.15) is 0 Å². The monoisotopic (exact) mass is 582 g/mol. The molecule has 0 atom stereocenters. The summed E-state index contributed by atoms with van der Waals surface area (Å²) in [5, 5.41) is 0. The number of hydrogen-bond donors (Lipinski definition) is 0. The van der Waals surface area contributed by atoms with Crippen molar-refractivity contribution in [2.24, 2.45) is 0 Å². The molecule has 0 saturated heterocycles. The van der Waals surface area contributed by atoms with Crippen molar-refractivity contribution in [3.63, 3.8) is 0 Å². The number of fused-ring (bicyclic) bond motifs is 9. The van der Waals surface area contributed by atoms with Gasteiger partial charge in [0.05, 0.1) is 28.2 Å². The zero-order valence-corrected chi connectivity index (χ0v) is 25.1. The van der Waals surface area contributed by atoms with Crippen LogP contribution in [0.5, 0.6) is 0 Å². The van der Waals surface area contributed by atoms with Crippen molar-refractivity contribution in [2.45, 2.75) is 6.92 Å². The van der Waals surface area contributed by atoms with E-state index in [0.717, 1.165) is 5.56 Å². The van der Waals surface area contributed by atoms with Gasteiger partial charge >= 0.3 is 0 Å². The predicted molar refractivity (Wildman–Crippen MR) is 174 cm³/mol. The Labute approximate surface area is 255 Å². The van der Waals surface area contributed by atoms with Gasteiger partial charge in [-0.15, -0.1) is 0 Å². The zero-order valence-electron chi connectivity index (χ0n) is 25.1. The normalized spacial score (nSPS) is 14.3. The maximum Gasteiger partial charge on any atom is 0.266 e. The Bertz CT molecular complexity index is 1840. The summed E-state index contributed by atoms with van der Waals surface area (Å²) >= 11 is 0. The molecule has 10 nitrogen and oxygen atoms in total. The van der Waals surface area contributed by atoms with E-state index in [1.807, 2.05) is 121 Å². The number of rotatable bonds is 1. The molecule has 0 fully saturated rings. The standard InChI is InChI=1S/C34H30N8O2/c1-21-19-24-32(42-33(43)22-11-6-7-12-23(22)34(42)44)25(20-21)39(3)27-14-9-16-29(36-27)41(5)31-18-10-17-30(37-31)40(4)28-15-8-13-26(35-28)38(24)2/h6-20H,1-5H3. The Morgan fingerprint density at radius 1 is 0.477 bits per heavy atom. The molecule has 0 saturated carbocycles. The van der Waals surface area contributed by atoms with Gasteiger partial charge in [-0.05, 0) is 73.2 Å². The van der Waals surface area contributed by atoms with E-state index in [4.69, 9.17) is 15.0 Å². The van der Waals surface area contributed by atoms with Crippen LogP contribution in [0.25, 0.3) is 0 Å². The zero-order chi connectivity index (χ0) is 30.7. The predicted octanol–water partition coefficient (Wildman–Crippen LogP) is 6.37. The lowest BCUT2D eigenvalue weighted by Gasteiger charge is -2.32. The van der Waals surface area contributed by atoms with Gasteiger partial charge in [-0.25, -0.2) is 19.9 Å². The van der Waals surface area contributed by atoms with Crippen molar-refractivity contribution in [1.29, 1.82) is 0 Å². The van der Waals surface area contributed by atoms with Crippen LogP contribution in [0, 0.1) is 6.92 Å². The van der Waals surface area contributed by atoms with Crippen molar-refractivity contribution < 1.29 is 9.59 Å². The molecule has 2 aromatic carbocycles. The topological polar surface area (TPSA) is 89.0 Å². The number of carbonyl (C=O) groups excluding carboxylic acids is 2. The third-order valence-electron chi connectivity index (χ3n) is 8.18. The van der Waals surface area contributed by atoms with Crippen LogP contribution < -0.4 is 24.5 Å².